The molecule has 0 saturated heterocycles. The fraction of sp³-hybridized carbons (Fsp3) is 0.308. The van der Waals surface area contributed by atoms with Crippen LogP contribution in [0.2, 0.25) is 5.02 Å². The van der Waals surface area contributed by atoms with Gasteiger partial charge in [-0.25, -0.2) is 4.68 Å². The lowest BCUT2D eigenvalue weighted by molar-refractivity contribution is 0.288. The third-order valence-electron chi connectivity index (χ3n) is 2.37. The Kier molecular flexibility index (Phi) is 4.95. The molecule has 1 aromatic heterocycles. The smallest absolute Gasteiger partial charge is 0.179 e. The van der Waals surface area contributed by atoms with Gasteiger partial charge >= 0.3 is 0 Å². The van der Waals surface area contributed by atoms with Crippen molar-refractivity contribution in [3.8, 4) is 11.5 Å². The van der Waals surface area contributed by atoms with Gasteiger partial charge in [-0.05, 0) is 31.5 Å². The minimum Gasteiger partial charge on any atom is -0.490 e. The van der Waals surface area contributed by atoms with Crippen molar-refractivity contribution in [1.82, 2.24) is 14.9 Å². The topological polar surface area (TPSA) is 61.5 Å². The molecule has 0 aliphatic rings. The van der Waals surface area contributed by atoms with Gasteiger partial charge < -0.3 is 9.47 Å². The van der Waals surface area contributed by atoms with Crippen LogP contribution in [0.15, 0.2) is 29.9 Å². The van der Waals surface area contributed by atoms with Crippen LogP contribution >= 0.6 is 11.6 Å². The molecule has 0 spiro atoms. The van der Waals surface area contributed by atoms with Gasteiger partial charge in [0.05, 0.1) is 24.5 Å². The lowest BCUT2D eigenvalue weighted by atomic mass is 10.2. The summed E-state index contributed by atoms with van der Waals surface area (Å²) in [5, 5.41) is 12.0. The number of ether oxygens (including phenoxy) is 2. The summed E-state index contributed by atoms with van der Waals surface area (Å²) >= 11 is 6.21. The van der Waals surface area contributed by atoms with Crippen molar-refractivity contribution in [2.45, 2.75) is 13.8 Å². The molecule has 0 amide bonds. The second-order valence-corrected chi connectivity index (χ2v) is 4.19. The molecule has 2 rings (SSSR count). The van der Waals surface area contributed by atoms with Crippen LogP contribution in [0.25, 0.3) is 0 Å². The molecule has 7 heteroatoms. The number of hydrogen-bond acceptors (Lipinski definition) is 5. The van der Waals surface area contributed by atoms with Crippen LogP contribution < -0.4 is 9.47 Å². The molecule has 106 valence electrons. The van der Waals surface area contributed by atoms with E-state index in [1.807, 2.05) is 19.9 Å². The maximum absolute atomic E-state index is 6.21. The molecule has 1 aromatic carbocycles. The summed E-state index contributed by atoms with van der Waals surface area (Å²) < 4.78 is 12.5. The third kappa shape index (κ3) is 3.48. The molecular weight excluding hydrogens is 280 g/mol. The second kappa shape index (κ2) is 6.91. The van der Waals surface area contributed by atoms with E-state index in [0.29, 0.717) is 29.7 Å². The van der Waals surface area contributed by atoms with Crippen molar-refractivity contribution in [3.63, 3.8) is 0 Å². The normalized spacial score (nSPS) is 10.9. The fourth-order valence-electron chi connectivity index (χ4n) is 1.60. The molecule has 0 radical (unpaired) electrons. The highest BCUT2D eigenvalue weighted by molar-refractivity contribution is 6.32. The molecule has 0 bridgehead atoms. The number of nitrogens with zero attached hydrogens (tertiary/aromatic N) is 4. The Balaban J connectivity index is 2.30. The molecule has 0 aliphatic heterocycles. The minimum absolute atomic E-state index is 0.489. The maximum atomic E-state index is 6.21. The fourth-order valence-corrected chi connectivity index (χ4v) is 1.87. The van der Waals surface area contributed by atoms with Crippen LogP contribution in [0, 0.1) is 0 Å². The van der Waals surface area contributed by atoms with Crippen molar-refractivity contribution in [3.05, 3.63) is 35.4 Å². The Bertz CT molecular complexity index is 584. The lowest BCUT2D eigenvalue weighted by Gasteiger charge is -2.13. The Morgan fingerprint density at radius 3 is 2.55 bits per heavy atom. The average Bonchev–Trinajstić information content (AvgIpc) is 2.94. The monoisotopic (exact) mass is 294 g/mol. The Labute approximate surface area is 122 Å². The molecular formula is C13H15ClN4O2. The Morgan fingerprint density at radius 2 is 1.90 bits per heavy atom. The van der Waals surface area contributed by atoms with E-state index < -0.39 is 0 Å². The predicted molar refractivity (Wildman–Crippen MR) is 76.8 cm³/mol. The van der Waals surface area contributed by atoms with Gasteiger partial charge in [-0.15, -0.1) is 10.2 Å². The molecule has 6 nitrogen and oxygen atoms in total. The Hall–Kier alpha value is -2.08. The number of aromatic nitrogens is 3. The zero-order valence-corrected chi connectivity index (χ0v) is 12.0. The first-order valence-corrected chi connectivity index (χ1v) is 6.60. The first-order chi connectivity index (χ1) is 9.74. The van der Waals surface area contributed by atoms with Crippen LogP contribution in [-0.2, 0) is 0 Å². The van der Waals surface area contributed by atoms with Gasteiger partial charge in [0.2, 0.25) is 0 Å². The van der Waals surface area contributed by atoms with Gasteiger partial charge in [-0.2, -0.15) is 5.10 Å². The van der Waals surface area contributed by atoms with E-state index in [1.54, 1.807) is 12.3 Å². The summed E-state index contributed by atoms with van der Waals surface area (Å²) in [4.78, 5) is 0. The zero-order valence-electron chi connectivity index (χ0n) is 11.3. The predicted octanol–water partition coefficient (Wildman–Crippen LogP) is 2.61. The van der Waals surface area contributed by atoms with Crippen LogP contribution in [0.4, 0.5) is 0 Å². The Morgan fingerprint density at radius 1 is 1.20 bits per heavy atom. The molecule has 20 heavy (non-hydrogen) atoms. The highest BCUT2D eigenvalue weighted by Crippen LogP contribution is 2.36. The van der Waals surface area contributed by atoms with Crippen molar-refractivity contribution < 1.29 is 9.47 Å². The summed E-state index contributed by atoms with van der Waals surface area (Å²) in [6.45, 7) is 4.85. The largest absolute Gasteiger partial charge is 0.490 e. The number of hydrogen-bond donors (Lipinski definition) is 0. The molecule has 0 saturated carbocycles. The summed E-state index contributed by atoms with van der Waals surface area (Å²) in [6, 6.07) is 3.59. The molecule has 0 N–H and O–H groups in total. The lowest BCUT2D eigenvalue weighted by Crippen LogP contribution is -2.00. The first kappa shape index (κ1) is 14.3. The van der Waals surface area contributed by atoms with Crippen molar-refractivity contribution in [1.29, 1.82) is 0 Å². The summed E-state index contributed by atoms with van der Waals surface area (Å²) in [7, 11) is 0. The maximum Gasteiger partial charge on any atom is 0.179 e. The molecule has 0 atom stereocenters. The van der Waals surface area contributed by atoms with E-state index >= 15 is 0 Å². The van der Waals surface area contributed by atoms with E-state index in [4.69, 9.17) is 21.1 Å². The molecule has 1 heterocycles. The summed E-state index contributed by atoms with van der Waals surface area (Å²) in [6.07, 6.45) is 4.64. The van der Waals surface area contributed by atoms with Crippen LogP contribution in [-0.4, -0.2) is 34.3 Å². The average molecular weight is 295 g/mol. The van der Waals surface area contributed by atoms with Gasteiger partial charge in [0.15, 0.2) is 11.5 Å². The highest BCUT2D eigenvalue weighted by atomic mass is 35.5. The van der Waals surface area contributed by atoms with Crippen LogP contribution in [0.1, 0.15) is 19.4 Å². The van der Waals surface area contributed by atoms with E-state index in [-0.39, 0.29) is 0 Å². The van der Waals surface area contributed by atoms with E-state index in [9.17, 15) is 0 Å². The number of halogens is 1. The first-order valence-electron chi connectivity index (χ1n) is 6.22. The van der Waals surface area contributed by atoms with Crippen molar-refractivity contribution in [2.75, 3.05) is 13.2 Å². The SMILES string of the molecule is CCOc1cc(C=Nn2cnnc2)cc(Cl)c1OCC. The minimum atomic E-state index is 0.489. The van der Waals surface area contributed by atoms with Gasteiger partial charge in [0.1, 0.15) is 12.7 Å². The van der Waals surface area contributed by atoms with Crippen LogP contribution in [0.5, 0.6) is 11.5 Å². The standard InChI is InChI=1S/C13H15ClN4O2/c1-3-19-12-6-10(5-11(14)13(12)20-4-2)7-17-18-8-15-16-9-18/h5-9H,3-4H2,1-2H3. The summed E-state index contributed by atoms with van der Waals surface area (Å²) in [5.74, 6) is 1.16. The quantitative estimate of drug-likeness (QED) is 0.768. The van der Waals surface area contributed by atoms with Crippen molar-refractivity contribution >= 4 is 17.8 Å². The highest BCUT2D eigenvalue weighted by Gasteiger charge is 2.11. The van der Waals surface area contributed by atoms with Crippen LogP contribution in [0.3, 0.4) is 0 Å². The molecule has 0 aliphatic carbocycles. The number of rotatable bonds is 6. The number of benzene rings is 1. The van der Waals surface area contributed by atoms with Gasteiger partial charge in [-0.3, -0.25) is 0 Å². The molecule has 0 unspecified atom stereocenters. The van der Waals surface area contributed by atoms with Gasteiger partial charge in [-0.1, -0.05) is 11.6 Å². The van der Waals surface area contributed by atoms with E-state index in [1.165, 1.54) is 17.3 Å². The summed E-state index contributed by atoms with van der Waals surface area (Å²) in [5.41, 5.74) is 0.801. The third-order valence-corrected chi connectivity index (χ3v) is 2.65. The van der Waals surface area contributed by atoms with E-state index in [0.717, 1.165) is 5.56 Å². The van der Waals surface area contributed by atoms with Gasteiger partial charge in [0, 0.05) is 0 Å². The van der Waals surface area contributed by atoms with Gasteiger partial charge in [0.25, 0.3) is 0 Å². The van der Waals surface area contributed by atoms with E-state index in [2.05, 4.69) is 15.3 Å². The zero-order chi connectivity index (χ0) is 14.4. The molecule has 0 fully saturated rings. The van der Waals surface area contributed by atoms with Crippen molar-refractivity contribution in [2.24, 2.45) is 5.10 Å². The second-order valence-electron chi connectivity index (χ2n) is 3.78. The molecule has 2 aromatic rings.